The standard InChI is InChI=1S/C11H8N4O2/c12-6-2-1-3-10-9-7-8(15(16)17)4-5-11(9)14-13-10/h1,3-5,7H,2H2,(H,13,14). The molecule has 17 heavy (non-hydrogen) atoms. The van der Waals surface area contributed by atoms with Gasteiger partial charge in [0, 0.05) is 17.5 Å². The Morgan fingerprint density at radius 1 is 1.59 bits per heavy atom. The lowest BCUT2D eigenvalue weighted by atomic mass is 10.2. The fraction of sp³-hybridized carbons (Fsp3) is 0.0909. The Morgan fingerprint density at radius 2 is 2.41 bits per heavy atom. The van der Waals surface area contributed by atoms with Gasteiger partial charge in [0.1, 0.15) is 0 Å². The topological polar surface area (TPSA) is 95.6 Å². The molecule has 0 saturated carbocycles. The van der Waals surface area contributed by atoms with E-state index in [2.05, 4.69) is 10.2 Å². The van der Waals surface area contributed by atoms with E-state index in [0.717, 1.165) is 0 Å². The molecule has 0 aliphatic rings. The van der Waals surface area contributed by atoms with Gasteiger partial charge in [0.2, 0.25) is 0 Å². The van der Waals surface area contributed by atoms with Crippen LogP contribution in [0.15, 0.2) is 24.3 Å². The third-order valence-corrected chi connectivity index (χ3v) is 2.27. The first-order valence-corrected chi connectivity index (χ1v) is 4.88. The number of nitrogens with zero attached hydrogens (tertiary/aromatic N) is 3. The molecular weight excluding hydrogens is 220 g/mol. The van der Waals surface area contributed by atoms with E-state index >= 15 is 0 Å². The van der Waals surface area contributed by atoms with Crippen molar-refractivity contribution in [1.82, 2.24) is 10.2 Å². The molecule has 0 radical (unpaired) electrons. The molecule has 0 aliphatic carbocycles. The van der Waals surface area contributed by atoms with E-state index in [1.807, 2.05) is 6.07 Å². The summed E-state index contributed by atoms with van der Waals surface area (Å²) in [5.41, 5.74) is 1.35. The lowest BCUT2D eigenvalue weighted by Gasteiger charge is -1.92. The summed E-state index contributed by atoms with van der Waals surface area (Å²) in [6, 6.07) is 6.44. The quantitative estimate of drug-likeness (QED) is 0.644. The molecule has 0 spiro atoms. The zero-order chi connectivity index (χ0) is 12.3. The Bertz CT molecular complexity index is 636. The number of benzene rings is 1. The number of nitro groups is 1. The highest BCUT2D eigenvalue weighted by Crippen LogP contribution is 2.22. The number of nitro benzene ring substituents is 1. The third-order valence-electron chi connectivity index (χ3n) is 2.27. The predicted octanol–water partition coefficient (Wildman–Crippen LogP) is 2.40. The van der Waals surface area contributed by atoms with Crippen molar-refractivity contribution in [3.8, 4) is 6.07 Å². The number of H-pyrrole nitrogens is 1. The monoisotopic (exact) mass is 228 g/mol. The number of nitrogens with one attached hydrogen (secondary N) is 1. The summed E-state index contributed by atoms with van der Waals surface area (Å²) in [6.07, 6.45) is 3.66. The summed E-state index contributed by atoms with van der Waals surface area (Å²) in [7, 11) is 0. The van der Waals surface area contributed by atoms with Crippen LogP contribution in [0.3, 0.4) is 0 Å². The highest BCUT2D eigenvalue weighted by atomic mass is 16.6. The molecule has 2 aromatic rings. The molecule has 0 fully saturated rings. The fourth-order valence-corrected chi connectivity index (χ4v) is 1.49. The predicted molar refractivity (Wildman–Crippen MR) is 62.0 cm³/mol. The van der Waals surface area contributed by atoms with Crippen molar-refractivity contribution in [3.05, 3.63) is 40.1 Å². The molecule has 1 aromatic heterocycles. The number of non-ortho nitro benzene ring substituents is 1. The van der Waals surface area contributed by atoms with Gasteiger partial charge in [-0.3, -0.25) is 15.2 Å². The number of fused-ring (bicyclic) bond motifs is 1. The summed E-state index contributed by atoms with van der Waals surface area (Å²) in [4.78, 5) is 10.2. The van der Waals surface area contributed by atoms with E-state index < -0.39 is 4.92 Å². The van der Waals surface area contributed by atoms with Crippen LogP contribution in [0, 0.1) is 21.4 Å². The second kappa shape index (κ2) is 4.45. The van der Waals surface area contributed by atoms with Gasteiger partial charge in [-0.25, -0.2) is 0 Å². The molecule has 0 amide bonds. The number of hydrogen-bond acceptors (Lipinski definition) is 4. The molecule has 0 unspecified atom stereocenters. The smallest absolute Gasteiger partial charge is 0.270 e. The molecule has 6 heteroatoms. The Labute approximate surface area is 96.3 Å². The average molecular weight is 228 g/mol. The number of aromatic amines is 1. The van der Waals surface area contributed by atoms with Crippen LogP contribution >= 0.6 is 0 Å². The summed E-state index contributed by atoms with van der Waals surface area (Å²) in [5, 5.41) is 26.5. The Balaban J connectivity index is 2.47. The summed E-state index contributed by atoms with van der Waals surface area (Å²) in [6.45, 7) is 0. The zero-order valence-electron chi connectivity index (χ0n) is 8.75. The van der Waals surface area contributed by atoms with Gasteiger partial charge in [-0.05, 0) is 12.1 Å². The van der Waals surface area contributed by atoms with Crippen LogP contribution in [0.2, 0.25) is 0 Å². The maximum absolute atomic E-state index is 10.7. The number of allylic oxidation sites excluding steroid dienone is 1. The van der Waals surface area contributed by atoms with E-state index in [4.69, 9.17) is 5.26 Å². The lowest BCUT2D eigenvalue weighted by Crippen LogP contribution is -1.86. The molecule has 0 aliphatic heterocycles. The summed E-state index contributed by atoms with van der Waals surface area (Å²) >= 11 is 0. The van der Waals surface area contributed by atoms with Crippen LogP contribution < -0.4 is 0 Å². The van der Waals surface area contributed by atoms with Gasteiger partial charge >= 0.3 is 0 Å². The van der Waals surface area contributed by atoms with E-state index in [1.54, 1.807) is 18.2 Å². The first kappa shape index (κ1) is 10.8. The number of aromatic nitrogens is 2. The first-order chi connectivity index (χ1) is 8.22. The van der Waals surface area contributed by atoms with Gasteiger partial charge in [0.25, 0.3) is 5.69 Å². The molecule has 1 N–H and O–H groups in total. The van der Waals surface area contributed by atoms with E-state index in [1.165, 1.54) is 12.1 Å². The van der Waals surface area contributed by atoms with E-state index in [0.29, 0.717) is 16.6 Å². The van der Waals surface area contributed by atoms with Gasteiger partial charge in [-0.1, -0.05) is 6.08 Å². The summed E-state index contributed by atoms with van der Waals surface area (Å²) in [5.74, 6) is 0. The van der Waals surface area contributed by atoms with Crippen molar-refractivity contribution in [2.24, 2.45) is 0 Å². The largest absolute Gasteiger partial charge is 0.277 e. The van der Waals surface area contributed by atoms with Crippen molar-refractivity contribution in [2.45, 2.75) is 6.42 Å². The van der Waals surface area contributed by atoms with Gasteiger partial charge in [0.05, 0.1) is 28.6 Å². The Kier molecular flexibility index (Phi) is 2.83. The van der Waals surface area contributed by atoms with Crippen LogP contribution in [-0.2, 0) is 0 Å². The van der Waals surface area contributed by atoms with Crippen molar-refractivity contribution in [1.29, 1.82) is 5.26 Å². The highest BCUT2D eigenvalue weighted by molar-refractivity contribution is 5.88. The lowest BCUT2D eigenvalue weighted by molar-refractivity contribution is -0.384. The van der Waals surface area contributed by atoms with E-state index in [-0.39, 0.29) is 12.1 Å². The van der Waals surface area contributed by atoms with Gasteiger partial charge < -0.3 is 0 Å². The molecule has 2 rings (SSSR count). The van der Waals surface area contributed by atoms with Crippen LogP contribution in [-0.4, -0.2) is 15.1 Å². The minimum atomic E-state index is -0.449. The maximum atomic E-state index is 10.7. The summed E-state index contributed by atoms with van der Waals surface area (Å²) < 4.78 is 0. The molecular formula is C11H8N4O2. The molecule has 0 atom stereocenters. The normalized spacial score (nSPS) is 10.8. The zero-order valence-corrected chi connectivity index (χ0v) is 8.75. The molecule has 0 bridgehead atoms. The molecule has 6 nitrogen and oxygen atoms in total. The number of hydrogen-bond donors (Lipinski definition) is 1. The second-order valence-corrected chi connectivity index (χ2v) is 3.36. The maximum Gasteiger partial charge on any atom is 0.270 e. The van der Waals surface area contributed by atoms with Gasteiger partial charge in [-0.2, -0.15) is 10.4 Å². The van der Waals surface area contributed by atoms with Crippen molar-refractivity contribution >= 4 is 22.7 Å². The highest BCUT2D eigenvalue weighted by Gasteiger charge is 2.09. The van der Waals surface area contributed by atoms with E-state index in [9.17, 15) is 10.1 Å². The van der Waals surface area contributed by atoms with Gasteiger partial charge in [-0.15, -0.1) is 0 Å². The van der Waals surface area contributed by atoms with Crippen molar-refractivity contribution < 1.29 is 4.92 Å². The average Bonchev–Trinajstić information content (AvgIpc) is 2.72. The Hall–Kier alpha value is -2.68. The van der Waals surface area contributed by atoms with Crippen molar-refractivity contribution in [2.75, 3.05) is 0 Å². The van der Waals surface area contributed by atoms with Crippen LogP contribution in [0.1, 0.15) is 12.1 Å². The molecule has 0 saturated heterocycles. The third kappa shape index (κ3) is 2.13. The SMILES string of the molecule is N#CCC=Cc1[nH]nc2ccc([N+](=O)[O-])cc12. The molecule has 84 valence electrons. The van der Waals surface area contributed by atoms with Gasteiger partial charge in [0.15, 0.2) is 0 Å². The number of rotatable bonds is 3. The molecule has 1 aromatic carbocycles. The fourth-order valence-electron chi connectivity index (χ4n) is 1.49. The Morgan fingerprint density at radius 3 is 3.12 bits per heavy atom. The van der Waals surface area contributed by atoms with Crippen molar-refractivity contribution in [3.63, 3.8) is 0 Å². The first-order valence-electron chi connectivity index (χ1n) is 4.88. The minimum Gasteiger partial charge on any atom is -0.277 e. The minimum absolute atomic E-state index is 0.0221. The molecule has 1 heterocycles. The van der Waals surface area contributed by atoms with Crippen LogP contribution in [0.25, 0.3) is 17.0 Å². The second-order valence-electron chi connectivity index (χ2n) is 3.36. The van der Waals surface area contributed by atoms with Crippen LogP contribution in [0.4, 0.5) is 5.69 Å². The number of nitriles is 1. The van der Waals surface area contributed by atoms with Crippen LogP contribution in [0.5, 0.6) is 0 Å².